The molecular formula is C13H9F2N4O2S-. The van der Waals surface area contributed by atoms with Crippen LogP contribution in [0.2, 0.25) is 0 Å². The minimum Gasteiger partial charge on any atom is -0.760 e. The van der Waals surface area contributed by atoms with Gasteiger partial charge in [-0.2, -0.15) is 0 Å². The average Bonchev–Trinajstić information content (AvgIpc) is 2.89. The highest BCUT2D eigenvalue weighted by Crippen LogP contribution is 2.23. The number of rotatable bonds is 4. The Kier molecular flexibility index (Phi) is 3.92. The smallest absolute Gasteiger partial charge is 0.152 e. The monoisotopic (exact) mass is 323 g/mol. The maximum Gasteiger partial charge on any atom is 0.152 e. The van der Waals surface area contributed by atoms with Crippen molar-refractivity contribution in [2.24, 2.45) is 0 Å². The van der Waals surface area contributed by atoms with Gasteiger partial charge in [0.05, 0.1) is 5.52 Å². The van der Waals surface area contributed by atoms with Gasteiger partial charge in [0.15, 0.2) is 11.6 Å². The molecule has 0 bridgehead atoms. The van der Waals surface area contributed by atoms with Crippen molar-refractivity contribution in [1.29, 1.82) is 0 Å². The molecule has 0 fully saturated rings. The van der Waals surface area contributed by atoms with E-state index in [9.17, 15) is 17.5 Å². The van der Waals surface area contributed by atoms with Gasteiger partial charge in [-0.1, -0.05) is 17.3 Å². The summed E-state index contributed by atoms with van der Waals surface area (Å²) in [5.74, 6) is -1.71. The highest BCUT2D eigenvalue weighted by Gasteiger charge is 2.16. The molecule has 0 spiro atoms. The van der Waals surface area contributed by atoms with Crippen LogP contribution in [0.25, 0.3) is 16.7 Å². The third-order valence-corrected chi connectivity index (χ3v) is 3.41. The molecule has 1 heterocycles. The lowest BCUT2D eigenvalue weighted by Gasteiger charge is -2.10. The molecule has 0 aliphatic heterocycles. The summed E-state index contributed by atoms with van der Waals surface area (Å²) in [6.07, 6.45) is 0. The Bertz CT molecular complexity index is 845. The van der Waals surface area contributed by atoms with Crippen molar-refractivity contribution in [2.75, 3.05) is 0 Å². The molecule has 1 aromatic heterocycles. The Morgan fingerprint density at radius 3 is 2.59 bits per heavy atom. The zero-order chi connectivity index (χ0) is 15.7. The van der Waals surface area contributed by atoms with Crippen molar-refractivity contribution in [1.82, 2.24) is 19.7 Å². The SMILES string of the molecule is O=S([O-])NCc1cc(F)c(-n2nnc3ccccc32)c(F)c1. The lowest BCUT2D eigenvalue weighted by molar-refractivity contribution is 0.521. The van der Waals surface area contributed by atoms with Gasteiger partial charge in [0, 0.05) is 17.8 Å². The van der Waals surface area contributed by atoms with Crippen LogP contribution in [0.3, 0.4) is 0 Å². The molecule has 0 radical (unpaired) electrons. The fraction of sp³-hybridized carbons (Fsp3) is 0.0769. The van der Waals surface area contributed by atoms with E-state index in [1.165, 1.54) is 0 Å². The van der Waals surface area contributed by atoms with E-state index in [2.05, 4.69) is 10.3 Å². The van der Waals surface area contributed by atoms with Crippen molar-refractivity contribution in [3.05, 3.63) is 53.6 Å². The second kappa shape index (κ2) is 5.87. The van der Waals surface area contributed by atoms with Crippen LogP contribution in [-0.4, -0.2) is 23.8 Å². The molecule has 22 heavy (non-hydrogen) atoms. The molecule has 0 aliphatic carbocycles. The second-order valence-electron chi connectivity index (χ2n) is 4.45. The van der Waals surface area contributed by atoms with Gasteiger partial charge in [0.25, 0.3) is 0 Å². The first-order chi connectivity index (χ1) is 10.6. The summed E-state index contributed by atoms with van der Waals surface area (Å²) in [5, 5.41) is 7.61. The maximum absolute atomic E-state index is 14.2. The minimum absolute atomic E-state index is 0.160. The Balaban J connectivity index is 2.06. The molecule has 1 atom stereocenters. The summed E-state index contributed by atoms with van der Waals surface area (Å²) in [6, 6.07) is 8.87. The van der Waals surface area contributed by atoms with Gasteiger partial charge in [0.2, 0.25) is 0 Å². The Labute approximate surface area is 126 Å². The third kappa shape index (κ3) is 2.73. The minimum atomic E-state index is -2.51. The van der Waals surface area contributed by atoms with E-state index < -0.39 is 22.9 Å². The number of para-hydroxylation sites is 1. The Hall–Kier alpha value is -2.23. The van der Waals surface area contributed by atoms with Crippen LogP contribution in [-0.2, 0) is 17.8 Å². The highest BCUT2D eigenvalue weighted by molar-refractivity contribution is 7.77. The van der Waals surface area contributed by atoms with Crippen molar-refractivity contribution in [2.45, 2.75) is 6.54 Å². The van der Waals surface area contributed by atoms with Gasteiger partial charge in [-0.3, -0.25) is 4.21 Å². The van der Waals surface area contributed by atoms with E-state index in [4.69, 9.17) is 0 Å². The van der Waals surface area contributed by atoms with Gasteiger partial charge < -0.3 is 4.55 Å². The average molecular weight is 323 g/mol. The van der Waals surface area contributed by atoms with Crippen molar-refractivity contribution in [3.8, 4) is 5.69 Å². The van der Waals surface area contributed by atoms with Crippen molar-refractivity contribution in [3.63, 3.8) is 0 Å². The molecule has 2 aromatic carbocycles. The van der Waals surface area contributed by atoms with E-state index in [1.807, 2.05) is 4.72 Å². The van der Waals surface area contributed by atoms with Crippen molar-refractivity contribution < 1.29 is 17.5 Å². The standard InChI is InChI=1S/C13H10F2N4O2S/c14-9-5-8(7-16-22(20)21)6-10(15)13(9)19-12-4-2-1-3-11(12)17-18-19/h1-6,16H,7H2,(H,20,21)/p-1. The number of fused-ring (bicyclic) bond motifs is 1. The Morgan fingerprint density at radius 2 is 1.91 bits per heavy atom. The molecule has 0 aliphatic rings. The quantitative estimate of drug-likeness (QED) is 0.739. The number of aromatic nitrogens is 3. The van der Waals surface area contributed by atoms with Crippen LogP contribution in [0.5, 0.6) is 0 Å². The molecule has 114 valence electrons. The van der Waals surface area contributed by atoms with Crippen LogP contribution in [0, 0.1) is 11.6 Å². The number of halogens is 2. The first-order valence-electron chi connectivity index (χ1n) is 6.18. The molecule has 3 aromatic rings. The lowest BCUT2D eigenvalue weighted by atomic mass is 10.2. The lowest BCUT2D eigenvalue weighted by Crippen LogP contribution is -2.16. The fourth-order valence-electron chi connectivity index (χ4n) is 2.10. The van der Waals surface area contributed by atoms with Gasteiger partial charge in [-0.15, -0.1) is 5.10 Å². The van der Waals surface area contributed by atoms with Crippen LogP contribution in [0.4, 0.5) is 8.78 Å². The molecule has 6 nitrogen and oxygen atoms in total. The molecule has 0 saturated carbocycles. The summed E-state index contributed by atoms with van der Waals surface area (Å²) in [6.45, 7) is -0.206. The maximum atomic E-state index is 14.2. The van der Waals surface area contributed by atoms with Crippen LogP contribution in [0.1, 0.15) is 5.56 Å². The van der Waals surface area contributed by atoms with Crippen LogP contribution in [0.15, 0.2) is 36.4 Å². The summed E-state index contributed by atoms with van der Waals surface area (Å²) in [4.78, 5) is 0. The van der Waals surface area contributed by atoms with E-state index in [0.29, 0.717) is 11.0 Å². The molecule has 1 unspecified atom stereocenters. The molecule has 0 amide bonds. The number of benzene rings is 2. The second-order valence-corrected chi connectivity index (χ2v) is 5.21. The highest BCUT2D eigenvalue weighted by atomic mass is 32.2. The molecular weight excluding hydrogens is 314 g/mol. The number of nitrogens with one attached hydrogen (secondary N) is 1. The van der Waals surface area contributed by atoms with E-state index in [1.54, 1.807) is 24.3 Å². The number of nitrogens with zero attached hydrogens (tertiary/aromatic N) is 3. The van der Waals surface area contributed by atoms with Crippen LogP contribution < -0.4 is 4.72 Å². The van der Waals surface area contributed by atoms with Gasteiger partial charge in [-0.25, -0.2) is 18.2 Å². The molecule has 3 rings (SSSR count). The van der Waals surface area contributed by atoms with E-state index >= 15 is 0 Å². The fourth-order valence-corrected chi connectivity index (χ4v) is 2.38. The first-order valence-corrected chi connectivity index (χ1v) is 7.25. The summed E-state index contributed by atoms with van der Waals surface area (Å²) in [5.41, 5.74) is 0.772. The van der Waals surface area contributed by atoms with Gasteiger partial charge in [-0.05, 0) is 29.8 Å². The molecule has 0 saturated heterocycles. The van der Waals surface area contributed by atoms with Crippen molar-refractivity contribution >= 4 is 22.3 Å². The van der Waals surface area contributed by atoms with E-state index in [0.717, 1.165) is 16.8 Å². The third-order valence-electron chi connectivity index (χ3n) is 3.03. The summed E-state index contributed by atoms with van der Waals surface area (Å²) >= 11 is -2.51. The topological polar surface area (TPSA) is 82.9 Å². The predicted octanol–water partition coefficient (Wildman–Crippen LogP) is 1.58. The Morgan fingerprint density at radius 1 is 1.23 bits per heavy atom. The zero-order valence-electron chi connectivity index (χ0n) is 11.0. The number of hydrogen-bond donors (Lipinski definition) is 1. The summed E-state index contributed by atoms with van der Waals surface area (Å²) in [7, 11) is 0. The largest absolute Gasteiger partial charge is 0.760 e. The first kappa shape index (κ1) is 14.7. The van der Waals surface area contributed by atoms with Crippen LogP contribution >= 0.6 is 0 Å². The number of hydrogen-bond acceptors (Lipinski definition) is 4. The molecule has 9 heteroatoms. The van der Waals surface area contributed by atoms with Gasteiger partial charge in [0.1, 0.15) is 11.2 Å². The zero-order valence-corrected chi connectivity index (χ0v) is 11.8. The normalized spacial score (nSPS) is 12.7. The predicted molar refractivity (Wildman–Crippen MR) is 74.5 cm³/mol. The van der Waals surface area contributed by atoms with Gasteiger partial charge >= 0.3 is 0 Å². The van der Waals surface area contributed by atoms with E-state index in [-0.39, 0.29) is 17.8 Å². The molecule has 1 N–H and O–H groups in total. The summed E-state index contributed by atoms with van der Waals surface area (Å²) < 4.78 is 52.4.